The second-order valence-corrected chi connectivity index (χ2v) is 4.73. The Labute approximate surface area is 118 Å². The van der Waals surface area contributed by atoms with Gasteiger partial charge in [-0.25, -0.2) is 0 Å². The third-order valence-corrected chi connectivity index (χ3v) is 3.05. The Bertz CT molecular complexity index is 470. The molecule has 3 N–H and O–H groups in total. The molecule has 7 nitrogen and oxygen atoms in total. The fourth-order valence-electron chi connectivity index (χ4n) is 2.07. The van der Waals surface area contributed by atoms with Crippen molar-refractivity contribution in [2.24, 2.45) is 5.73 Å². The van der Waals surface area contributed by atoms with E-state index in [4.69, 9.17) is 5.73 Å². The molecule has 1 heterocycles. The second-order valence-electron chi connectivity index (χ2n) is 4.73. The van der Waals surface area contributed by atoms with Crippen LogP contribution in [0.4, 0.5) is 5.69 Å². The summed E-state index contributed by atoms with van der Waals surface area (Å²) in [6.07, 6.45) is 3.90. The van der Waals surface area contributed by atoms with Gasteiger partial charge in [-0.2, -0.15) is 0 Å². The van der Waals surface area contributed by atoms with Crippen LogP contribution in [-0.2, 0) is 6.54 Å². The van der Waals surface area contributed by atoms with Crippen LogP contribution in [0.15, 0.2) is 12.3 Å². The number of carbonyl (C=O) groups excluding carboxylic acids is 1. The van der Waals surface area contributed by atoms with Gasteiger partial charge in [0.25, 0.3) is 11.6 Å². The summed E-state index contributed by atoms with van der Waals surface area (Å²) in [7, 11) is 0. The summed E-state index contributed by atoms with van der Waals surface area (Å²) in [5.41, 5.74) is 5.85. The molecular formula is C13H22N4O3. The molecule has 0 aromatic carbocycles. The first-order chi connectivity index (χ1) is 9.53. The van der Waals surface area contributed by atoms with Gasteiger partial charge in [-0.1, -0.05) is 20.3 Å². The van der Waals surface area contributed by atoms with E-state index in [0.29, 0.717) is 18.8 Å². The number of nitrogens with two attached hydrogens (primary N) is 1. The van der Waals surface area contributed by atoms with Crippen LogP contribution in [0.25, 0.3) is 0 Å². The Kier molecular flexibility index (Phi) is 6.17. The summed E-state index contributed by atoms with van der Waals surface area (Å²) in [5.74, 6) is -0.310. The Morgan fingerprint density at radius 2 is 2.20 bits per heavy atom. The van der Waals surface area contributed by atoms with Crippen LogP contribution in [-0.4, -0.2) is 28.0 Å². The van der Waals surface area contributed by atoms with E-state index in [1.165, 1.54) is 12.3 Å². The molecule has 0 saturated heterocycles. The van der Waals surface area contributed by atoms with Gasteiger partial charge in [0.05, 0.1) is 11.1 Å². The van der Waals surface area contributed by atoms with Gasteiger partial charge in [0.15, 0.2) is 0 Å². The van der Waals surface area contributed by atoms with E-state index in [1.54, 1.807) is 4.57 Å². The average Bonchev–Trinajstić information content (AvgIpc) is 2.83. The number of carbonyl (C=O) groups is 1. The number of hydrogen-bond donors (Lipinski definition) is 2. The molecular weight excluding hydrogens is 260 g/mol. The number of aryl methyl sites for hydroxylation is 1. The second kappa shape index (κ2) is 7.64. The van der Waals surface area contributed by atoms with E-state index in [0.717, 1.165) is 19.3 Å². The summed E-state index contributed by atoms with van der Waals surface area (Å²) in [5, 5.41) is 13.6. The lowest BCUT2D eigenvalue weighted by molar-refractivity contribution is -0.384. The molecule has 1 unspecified atom stereocenters. The molecule has 1 rings (SSSR count). The Balaban J connectivity index is 2.92. The molecule has 1 aromatic heterocycles. The zero-order valence-corrected chi connectivity index (χ0v) is 12.0. The number of nitro groups is 1. The van der Waals surface area contributed by atoms with E-state index < -0.39 is 4.92 Å². The van der Waals surface area contributed by atoms with Crippen LogP contribution in [0.3, 0.4) is 0 Å². The molecule has 0 radical (unpaired) electrons. The average molecular weight is 282 g/mol. The number of hydrogen-bond acceptors (Lipinski definition) is 4. The minimum Gasteiger partial charge on any atom is -0.347 e. The van der Waals surface area contributed by atoms with Crippen molar-refractivity contribution in [3.8, 4) is 0 Å². The van der Waals surface area contributed by atoms with Crippen LogP contribution < -0.4 is 11.1 Å². The molecule has 1 atom stereocenters. The molecule has 20 heavy (non-hydrogen) atoms. The van der Waals surface area contributed by atoms with Gasteiger partial charge in [-0.15, -0.1) is 0 Å². The highest BCUT2D eigenvalue weighted by Gasteiger charge is 2.20. The first-order valence-electron chi connectivity index (χ1n) is 6.88. The summed E-state index contributed by atoms with van der Waals surface area (Å²) in [6.45, 7) is 4.89. The first-order valence-corrected chi connectivity index (χ1v) is 6.88. The maximum absolute atomic E-state index is 12.2. The standard InChI is InChI=1S/C13H22N4O3/c1-3-5-10(8-14)15-13(18)12-7-11(17(19)20)9-16(12)6-4-2/h7,9-10H,3-6,8,14H2,1-2H3,(H,15,18). The topological polar surface area (TPSA) is 103 Å². The van der Waals surface area contributed by atoms with Crippen LogP contribution in [0.5, 0.6) is 0 Å². The summed E-state index contributed by atoms with van der Waals surface area (Å²) in [6, 6.07) is 1.21. The number of nitrogens with zero attached hydrogens (tertiary/aromatic N) is 2. The van der Waals surface area contributed by atoms with Crippen molar-refractivity contribution in [3.05, 3.63) is 28.1 Å². The lowest BCUT2D eigenvalue weighted by Crippen LogP contribution is -2.40. The Morgan fingerprint density at radius 3 is 2.70 bits per heavy atom. The van der Waals surface area contributed by atoms with E-state index in [2.05, 4.69) is 5.32 Å². The normalized spacial score (nSPS) is 12.2. The molecule has 1 amide bonds. The Morgan fingerprint density at radius 1 is 1.50 bits per heavy atom. The molecule has 0 bridgehead atoms. The fourth-order valence-corrected chi connectivity index (χ4v) is 2.07. The SMILES string of the molecule is CCCC(CN)NC(=O)c1cc([N+](=O)[O-])cn1CCC. The minimum absolute atomic E-state index is 0.0663. The molecule has 0 aliphatic rings. The molecule has 112 valence electrons. The smallest absolute Gasteiger partial charge is 0.287 e. The number of nitrogens with one attached hydrogen (secondary N) is 1. The van der Waals surface area contributed by atoms with Crippen LogP contribution in [0.2, 0.25) is 0 Å². The lowest BCUT2D eigenvalue weighted by atomic mass is 10.1. The van der Waals surface area contributed by atoms with Crippen molar-refractivity contribution in [2.75, 3.05) is 6.54 Å². The summed E-state index contributed by atoms with van der Waals surface area (Å²) >= 11 is 0. The van der Waals surface area contributed by atoms with E-state index in [1.807, 2.05) is 13.8 Å². The van der Waals surface area contributed by atoms with E-state index in [-0.39, 0.29) is 17.6 Å². The van der Waals surface area contributed by atoms with Crippen LogP contribution in [0.1, 0.15) is 43.6 Å². The predicted molar refractivity (Wildman–Crippen MR) is 76.6 cm³/mol. The van der Waals surface area contributed by atoms with Crippen molar-refractivity contribution in [1.82, 2.24) is 9.88 Å². The molecule has 0 aliphatic carbocycles. The van der Waals surface area contributed by atoms with Crippen molar-refractivity contribution >= 4 is 11.6 Å². The quantitative estimate of drug-likeness (QED) is 0.559. The highest BCUT2D eigenvalue weighted by molar-refractivity contribution is 5.93. The van der Waals surface area contributed by atoms with Gasteiger partial charge in [0.1, 0.15) is 5.69 Å². The van der Waals surface area contributed by atoms with Crippen LogP contribution >= 0.6 is 0 Å². The van der Waals surface area contributed by atoms with Gasteiger partial charge in [0.2, 0.25) is 0 Å². The number of rotatable bonds is 8. The third-order valence-electron chi connectivity index (χ3n) is 3.05. The lowest BCUT2D eigenvalue weighted by Gasteiger charge is -2.16. The van der Waals surface area contributed by atoms with Crippen molar-refractivity contribution in [1.29, 1.82) is 0 Å². The molecule has 0 aliphatic heterocycles. The third kappa shape index (κ3) is 4.06. The van der Waals surface area contributed by atoms with Gasteiger partial charge in [-0.05, 0) is 12.8 Å². The highest BCUT2D eigenvalue weighted by Crippen LogP contribution is 2.17. The first kappa shape index (κ1) is 16.2. The van der Waals surface area contributed by atoms with Gasteiger partial charge in [-0.3, -0.25) is 14.9 Å². The monoisotopic (exact) mass is 282 g/mol. The van der Waals surface area contributed by atoms with Gasteiger partial charge in [0, 0.05) is 25.2 Å². The summed E-state index contributed by atoms with van der Waals surface area (Å²) < 4.78 is 1.62. The largest absolute Gasteiger partial charge is 0.347 e. The zero-order valence-electron chi connectivity index (χ0n) is 12.0. The maximum Gasteiger partial charge on any atom is 0.287 e. The molecule has 1 aromatic rings. The molecule has 0 spiro atoms. The molecule has 7 heteroatoms. The fraction of sp³-hybridized carbons (Fsp3) is 0.615. The van der Waals surface area contributed by atoms with Crippen LogP contribution in [0, 0.1) is 10.1 Å². The molecule has 0 fully saturated rings. The summed E-state index contributed by atoms with van der Waals surface area (Å²) in [4.78, 5) is 22.5. The van der Waals surface area contributed by atoms with Crippen molar-refractivity contribution in [2.45, 2.75) is 45.7 Å². The Hall–Kier alpha value is -1.89. The van der Waals surface area contributed by atoms with E-state index in [9.17, 15) is 14.9 Å². The van der Waals surface area contributed by atoms with Crippen molar-refractivity contribution < 1.29 is 9.72 Å². The predicted octanol–water partition coefficient (Wildman–Crippen LogP) is 1.66. The number of amides is 1. The minimum atomic E-state index is -0.491. The number of aromatic nitrogens is 1. The van der Waals surface area contributed by atoms with Crippen molar-refractivity contribution in [3.63, 3.8) is 0 Å². The maximum atomic E-state index is 12.2. The van der Waals surface area contributed by atoms with Gasteiger partial charge >= 0.3 is 0 Å². The molecule has 0 saturated carbocycles. The van der Waals surface area contributed by atoms with Gasteiger partial charge < -0.3 is 15.6 Å². The van der Waals surface area contributed by atoms with E-state index >= 15 is 0 Å². The zero-order chi connectivity index (χ0) is 15.1. The highest BCUT2D eigenvalue weighted by atomic mass is 16.6.